The van der Waals surface area contributed by atoms with Crippen LogP contribution in [-0.2, 0) is 16.3 Å². The van der Waals surface area contributed by atoms with Crippen molar-refractivity contribution < 1.29 is 13.2 Å². The van der Waals surface area contributed by atoms with Crippen molar-refractivity contribution in [3.05, 3.63) is 29.3 Å². The van der Waals surface area contributed by atoms with Crippen molar-refractivity contribution in [1.29, 1.82) is 0 Å². The Kier molecular flexibility index (Phi) is 4.71. The molecular formula is C16H23NO3S. The lowest BCUT2D eigenvalue weighted by atomic mass is 9.98. The number of sulfone groups is 1. The van der Waals surface area contributed by atoms with Gasteiger partial charge in [-0.2, -0.15) is 0 Å². The Morgan fingerprint density at radius 1 is 1.33 bits per heavy atom. The van der Waals surface area contributed by atoms with Crippen LogP contribution in [0.5, 0.6) is 0 Å². The molecule has 0 spiro atoms. The monoisotopic (exact) mass is 309 g/mol. The fourth-order valence-corrected chi connectivity index (χ4v) is 3.55. The lowest BCUT2D eigenvalue weighted by molar-refractivity contribution is 0.101. The van der Waals surface area contributed by atoms with E-state index in [0.29, 0.717) is 6.54 Å². The number of aryl methyl sites for hydroxylation is 1. The predicted octanol–water partition coefficient (Wildman–Crippen LogP) is 2.47. The van der Waals surface area contributed by atoms with Gasteiger partial charge in [-0.05, 0) is 57.4 Å². The maximum atomic E-state index is 12.0. The van der Waals surface area contributed by atoms with E-state index in [0.717, 1.165) is 36.2 Å². The minimum atomic E-state index is -3.02. The molecule has 21 heavy (non-hydrogen) atoms. The van der Waals surface area contributed by atoms with E-state index in [1.54, 1.807) is 20.8 Å². The average molecular weight is 309 g/mol. The van der Waals surface area contributed by atoms with Gasteiger partial charge in [0.25, 0.3) is 0 Å². The van der Waals surface area contributed by atoms with Gasteiger partial charge in [-0.25, -0.2) is 8.42 Å². The van der Waals surface area contributed by atoms with E-state index in [9.17, 15) is 13.2 Å². The summed E-state index contributed by atoms with van der Waals surface area (Å²) in [6.07, 6.45) is 1.94. The van der Waals surface area contributed by atoms with Crippen LogP contribution in [-0.4, -0.2) is 38.3 Å². The van der Waals surface area contributed by atoms with Gasteiger partial charge in [0, 0.05) is 24.3 Å². The first-order valence-electron chi connectivity index (χ1n) is 7.41. The molecule has 0 unspecified atom stereocenters. The van der Waals surface area contributed by atoms with Gasteiger partial charge in [0.05, 0.1) is 11.0 Å². The van der Waals surface area contributed by atoms with Gasteiger partial charge in [0.15, 0.2) is 15.6 Å². The van der Waals surface area contributed by atoms with E-state index >= 15 is 0 Å². The second-order valence-corrected chi connectivity index (χ2v) is 8.58. The number of carbonyl (C=O) groups is 1. The van der Waals surface area contributed by atoms with Gasteiger partial charge in [0.1, 0.15) is 0 Å². The fourth-order valence-electron chi connectivity index (χ4n) is 2.60. The summed E-state index contributed by atoms with van der Waals surface area (Å²) in [6.45, 7) is 6.40. The zero-order valence-electron chi connectivity index (χ0n) is 12.9. The molecule has 1 aliphatic heterocycles. The Balaban J connectivity index is 2.17. The van der Waals surface area contributed by atoms with Gasteiger partial charge >= 0.3 is 0 Å². The number of rotatable bonds is 5. The molecule has 1 aromatic carbocycles. The first-order chi connectivity index (χ1) is 9.81. The molecule has 4 nitrogen and oxygen atoms in total. The average Bonchev–Trinajstić information content (AvgIpc) is 2.44. The number of Topliss-reactive ketones (excluding diaryl/α,β-unsaturated/α-hetero) is 1. The van der Waals surface area contributed by atoms with E-state index in [1.165, 1.54) is 0 Å². The molecule has 1 aromatic rings. The van der Waals surface area contributed by atoms with Crippen LogP contribution in [0.3, 0.4) is 0 Å². The van der Waals surface area contributed by atoms with E-state index in [4.69, 9.17) is 0 Å². The molecule has 2 rings (SSSR count). The van der Waals surface area contributed by atoms with Gasteiger partial charge in [-0.3, -0.25) is 4.79 Å². The zero-order valence-corrected chi connectivity index (χ0v) is 13.7. The van der Waals surface area contributed by atoms with Crippen LogP contribution >= 0.6 is 0 Å². The SMILES string of the molecule is CC(=O)c1ccc2c(c1)CCCN2CCS(=O)(=O)C(C)C. The molecule has 0 saturated heterocycles. The van der Waals surface area contributed by atoms with Crippen molar-refractivity contribution in [3.63, 3.8) is 0 Å². The topological polar surface area (TPSA) is 54.5 Å². The number of benzene rings is 1. The first-order valence-corrected chi connectivity index (χ1v) is 9.13. The van der Waals surface area contributed by atoms with Crippen LogP contribution in [0.4, 0.5) is 5.69 Å². The molecule has 0 N–H and O–H groups in total. The van der Waals surface area contributed by atoms with Crippen LogP contribution in [0, 0.1) is 0 Å². The molecule has 0 aromatic heterocycles. The highest BCUT2D eigenvalue weighted by molar-refractivity contribution is 7.92. The summed E-state index contributed by atoms with van der Waals surface area (Å²) in [5.74, 6) is 0.246. The third-order valence-corrected chi connectivity index (χ3v) is 6.25. The lowest BCUT2D eigenvalue weighted by Crippen LogP contribution is -2.35. The molecular weight excluding hydrogens is 286 g/mol. The van der Waals surface area contributed by atoms with Crippen LogP contribution in [0.1, 0.15) is 43.1 Å². The fraction of sp³-hybridized carbons (Fsp3) is 0.562. The van der Waals surface area contributed by atoms with Crippen LogP contribution in [0.2, 0.25) is 0 Å². The summed E-state index contributed by atoms with van der Waals surface area (Å²) in [5.41, 5.74) is 2.95. The quantitative estimate of drug-likeness (QED) is 0.784. The number of hydrogen-bond acceptors (Lipinski definition) is 4. The molecule has 0 amide bonds. The summed E-state index contributed by atoms with van der Waals surface area (Å²) < 4.78 is 23.9. The molecule has 1 heterocycles. The summed E-state index contributed by atoms with van der Waals surface area (Å²) in [7, 11) is -3.02. The summed E-state index contributed by atoms with van der Waals surface area (Å²) in [5, 5.41) is -0.332. The van der Waals surface area contributed by atoms with E-state index in [2.05, 4.69) is 4.90 Å². The van der Waals surface area contributed by atoms with Crippen molar-refractivity contribution in [2.75, 3.05) is 23.7 Å². The van der Waals surface area contributed by atoms with Gasteiger partial charge in [-0.15, -0.1) is 0 Å². The normalized spacial score (nSPS) is 15.1. The van der Waals surface area contributed by atoms with E-state index in [-0.39, 0.29) is 16.8 Å². The number of anilines is 1. The van der Waals surface area contributed by atoms with Gasteiger partial charge in [-0.1, -0.05) is 0 Å². The molecule has 0 fully saturated rings. The van der Waals surface area contributed by atoms with Crippen molar-refractivity contribution in [1.82, 2.24) is 0 Å². The first kappa shape index (κ1) is 16.0. The van der Waals surface area contributed by atoms with Crippen LogP contribution < -0.4 is 4.90 Å². The Morgan fingerprint density at radius 3 is 2.67 bits per heavy atom. The standard InChI is InChI=1S/C16H23NO3S/c1-12(2)21(19,20)10-9-17-8-4-5-15-11-14(13(3)18)6-7-16(15)17/h6-7,11-12H,4-5,8-10H2,1-3H3. The number of hydrogen-bond donors (Lipinski definition) is 0. The van der Waals surface area contributed by atoms with Gasteiger partial charge in [0.2, 0.25) is 0 Å². The maximum Gasteiger partial charge on any atom is 0.159 e. The van der Waals surface area contributed by atoms with Crippen molar-refractivity contribution in [2.24, 2.45) is 0 Å². The molecule has 1 aliphatic rings. The molecule has 0 bridgehead atoms. The molecule has 0 radical (unpaired) electrons. The van der Waals surface area contributed by atoms with Crippen LogP contribution in [0.25, 0.3) is 0 Å². The second-order valence-electron chi connectivity index (χ2n) is 5.91. The minimum absolute atomic E-state index is 0.0670. The maximum absolute atomic E-state index is 12.0. The second kappa shape index (κ2) is 6.18. The highest BCUT2D eigenvalue weighted by atomic mass is 32.2. The third-order valence-electron chi connectivity index (χ3n) is 4.06. The number of ketones is 1. The zero-order chi connectivity index (χ0) is 15.6. The van der Waals surface area contributed by atoms with Crippen molar-refractivity contribution in [2.45, 2.75) is 38.9 Å². The van der Waals surface area contributed by atoms with E-state index < -0.39 is 9.84 Å². The molecule has 0 atom stereocenters. The highest BCUT2D eigenvalue weighted by Crippen LogP contribution is 2.28. The highest BCUT2D eigenvalue weighted by Gasteiger charge is 2.21. The number of fused-ring (bicyclic) bond motifs is 1. The molecule has 0 saturated carbocycles. The summed E-state index contributed by atoms with van der Waals surface area (Å²) >= 11 is 0. The number of carbonyl (C=O) groups excluding carboxylic acids is 1. The Morgan fingerprint density at radius 2 is 2.05 bits per heavy atom. The summed E-state index contributed by atoms with van der Waals surface area (Å²) in [6, 6.07) is 5.73. The summed E-state index contributed by atoms with van der Waals surface area (Å²) in [4.78, 5) is 13.6. The predicted molar refractivity (Wildman–Crippen MR) is 85.9 cm³/mol. The largest absolute Gasteiger partial charge is 0.370 e. The van der Waals surface area contributed by atoms with E-state index in [1.807, 2.05) is 18.2 Å². The number of nitrogens with zero attached hydrogens (tertiary/aromatic N) is 1. The lowest BCUT2D eigenvalue weighted by Gasteiger charge is -2.31. The Hall–Kier alpha value is -1.36. The van der Waals surface area contributed by atoms with Crippen LogP contribution in [0.15, 0.2) is 18.2 Å². The molecule has 116 valence electrons. The Labute approximate surface area is 127 Å². The van der Waals surface area contributed by atoms with Gasteiger partial charge < -0.3 is 4.90 Å². The molecule has 5 heteroatoms. The minimum Gasteiger partial charge on any atom is -0.370 e. The smallest absolute Gasteiger partial charge is 0.159 e. The van der Waals surface area contributed by atoms with Crippen molar-refractivity contribution in [3.8, 4) is 0 Å². The Bertz CT molecular complexity index is 635. The third kappa shape index (κ3) is 3.64. The van der Waals surface area contributed by atoms with Crippen molar-refractivity contribution >= 4 is 21.3 Å². The molecule has 0 aliphatic carbocycles.